The summed E-state index contributed by atoms with van der Waals surface area (Å²) in [5, 5.41) is 12.1. The Balaban J connectivity index is 2.10. The fourth-order valence-corrected chi connectivity index (χ4v) is 2.47. The zero-order valence-electron chi connectivity index (χ0n) is 9.23. The number of rotatable bonds is 2. The number of aromatic amines is 1. The molecule has 2 aromatic heterocycles. The van der Waals surface area contributed by atoms with E-state index in [0.29, 0.717) is 0 Å². The minimum Gasteiger partial charge on any atom is -0.481 e. The van der Waals surface area contributed by atoms with Crippen molar-refractivity contribution in [2.45, 2.75) is 18.9 Å². The van der Waals surface area contributed by atoms with E-state index in [4.69, 9.17) is 5.11 Å². The van der Waals surface area contributed by atoms with Crippen LogP contribution < -0.4 is 5.32 Å². The second-order valence-corrected chi connectivity index (χ2v) is 4.27. The molecule has 0 saturated heterocycles. The van der Waals surface area contributed by atoms with Gasteiger partial charge in [0, 0.05) is 17.5 Å². The van der Waals surface area contributed by atoms with Crippen LogP contribution in [0.5, 0.6) is 0 Å². The SMILES string of the molecule is O=C(O)CC1NCCc2c1[nH]c1cccnc21. The second-order valence-electron chi connectivity index (χ2n) is 4.27. The van der Waals surface area contributed by atoms with Gasteiger partial charge in [-0.2, -0.15) is 0 Å². The predicted molar refractivity (Wildman–Crippen MR) is 62.8 cm³/mol. The smallest absolute Gasteiger partial charge is 0.305 e. The molecule has 1 atom stereocenters. The van der Waals surface area contributed by atoms with Crippen LogP contribution in [-0.4, -0.2) is 27.6 Å². The van der Waals surface area contributed by atoms with Gasteiger partial charge in [-0.25, -0.2) is 0 Å². The van der Waals surface area contributed by atoms with E-state index in [1.165, 1.54) is 0 Å². The van der Waals surface area contributed by atoms with Crippen LogP contribution in [0.15, 0.2) is 18.3 Å². The highest BCUT2D eigenvalue weighted by atomic mass is 16.4. The molecule has 0 spiro atoms. The lowest BCUT2D eigenvalue weighted by molar-refractivity contribution is -0.137. The lowest BCUT2D eigenvalue weighted by Crippen LogP contribution is -2.31. The molecule has 3 heterocycles. The highest BCUT2D eigenvalue weighted by molar-refractivity contribution is 5.81. The summed E-state index contributed by atoms with van der Waals surface area (Å²) in [4.78, 5) is 18.5. The van der Waals surface area contributed by atoms with Crippen LogP contribution in [0, 0.1) is 0 Å². The Morgan fingerprint density at radius 1 is 1.59 bits per heavy atom. The third-order valence-electron chi connectivity index (χ3n) is 3.18. The molecule has 3 rings (SSSR count). The summed E-state index contributed by atoms with van der Waals surface area (Å²) < 4.78 is 0. The van der Waals surface area contributed by atoms with Crippen LogP contribution in [0.25, 0.3) is 11.0 Å². The predicted octanol–water partition coefficient (Wildman–Crippen LogP) is 1.22. The molecule has 0 aliphatic carbocycles. The van der Waals surface area contributed by atoms with Crippen LogP contribution in [0.2, 0.25) is 0 Å². The largest absolute Gasteiger partial charge is 0.481 e. The molecular weight excluding hydrogens is 218 g/mol. The van der Waals surface area contributed by atoms with E-state index in [9.17, 15) is 4.79 Å². The van der Waals surface area contributed by atoms with E-state index in [-0.39, 0.29) is 12.5 Å². The molecule has 0 bridgehead atoms. The molecule has 1 unspecified atom stereocenters. The number of pyridine rings is 1. The van der Waals surface area contributed by atoms with E-state index in [1.54, 1.807) is 6.20 Å². The molecule has 0 amide bonds. The standard InChI is InChI=1S/C12H13N3O2/c16-10(17)6-9-12-7(3-5-13-9)11-8(15-12)2-1-4-14-11/h1-2,4,9,13,15H,3,5-6H2,(H,16,17). The van der Waals surface area contributed by atoms with Crippen LogP contribution in [-0.2, 0) is 11.2 Å². The topological polar surface area (TPSA) is 78.0 Å². The average molecular weight is 231 g/mol. The Labute approximate surface area is 97.9 Å². The third kappa shape index (κ3) is 1.68. The van der Waals surface area contributed by atoms with Crippen molar-refractivity contribution in [3.63, 3.8) is 0 Å². The van der Waals surface area contributed by atoms with E-state index in [1.807, 2.05) is 12.1 Å². The van der Waals surface area contributed by atoms with Crippen molar-refractivity contribution in [1.82, 2.24) is 15.3 Å². The number of carboxylic acid groups (broad SMARTS) is 1. The number of hydrogen-bond donors (Lipinski definition) is 3. The zero-order chi connectivity index (χ0) is 11.8. The fourth-order valence-electron chi connectivity index (χ4n) is 2.47. The Morgan fingerprint density at radius 2 is 2.47 bits per heavy atom. The molecule has 5 nitrogen and oxygen atoms in total. The molecule has 1 aliphatic rings. The van der Waals surface area contributed by atoms with Gasteiger partial charge in [0.25, 0.3) is 0 Å². The lowest BCUT2D eigenvalue weighted by Gasteiger charge is -2.22. The summed E-state index contributed by atoms with van der Waals surface area (Å²) in [7, 11) is 0. The number of nitrogens with zero attached hydrogens (tertiary/aromatic N) is 1. The Bertz CT molecular complexity index is 576. The summed E-state index contributed by atoms with van der Waals surface area (Å²) in [6.07, 6.45) is 2.76. The third-order valence-corrected chi connectivity index (χ3v) is 3.18. The number of carboxylic acids is 1. The van der Waals surface area contributed by atoms with Crippen LogP contribution in [0.1, 0.15) is 23.7 Å². The maximum Gasteiger partial charge on any atom is 0.305 e. The van der Waals surface area contributed by atoms with Crippen molar-refractivity contribution >= 4 is 17.0 Å². The van der Waals surface area contributed by atoms with Gasteiger partial charge in [-0.3, -0.25) is 9.78 Å². The number of aliphatic carboxylic acids is 1. The summed E-state index contributed by atoms with van der Waals surface area (Å²) in [6, 6.07) is 3.72. The number of aromatic nitrogens is 2. The first-order valence-corrected chi connectivity index (χ1v) is 5.66. The minimum absolute atomic E-state index is 0.0970. The minimum atomic E-state index is -0.790. The van der Waals surface area contributed by atoms with Crippen LogP contribution in [0.4, 0.5) is 0 Å². The molecule has 0 fully saturated rings. The monoisotopic (exact) mass is 231 g/mol. The van der Waals surface area contributed by atoms with Gasteiger partial charge in [0.15, 0.2) is 0 Å². The molecule has 88 valence electrons. The van der Waals surface area contributed by atoms with E-state index in [0.717, 1.165) is 35.3 Å². The van der Waals surface area contributed by atoms with Crippen molar-refractivity contribution in [1.29, 1.82) is 0 Å². The molecule has 0 aromatic carbocycles. The maximum absolute atomic E-state index is 10.8. The Kier molecular flexibility index (Phi) is 2.33. The van der Waals surface area contributed by atoms with Gasteiger partial charge in [0.05, 0.1) is 23.5 Å². The normalized spacial score (nSPS) is 19.2. The highest BCUT2D eigenvalue weighted by Crippen LogP contribution is 2.29. The molecule has 3 N–H and O–H groups in total. The lowest BCUT2D eigenvalue weighted by atomic mass is 9.99. The molecule has 1 aliphatic heterocycles. The van der Waals surface area contributed by atoms with Gasteiger partial charge in [0.1, 0.15) is 0 Å². The van der Waals surface area contributed by atoms with Crippen molar-refractivity contribution in [3.8, 4) is 0 Å². The first kappa shape index (κ1) is 10.3. The van der Waals surface area contributed by atoms with Gasteiger partial charge in [-0.1, -0.05) is 0 Å². The summed E-state index contributed by atoms with van der Waals surface area (Å²) >= 11 is 0. The number of hydrogen-bond acceptors (Lipinski definition) is 3. The number of fused-ring (bicyclic) bond motifs is 3. The number of nitrogens with one attached hydrogen (secondary N) is 2. The Morgan fingerprint density at radius 3 is 3.29 bits per heavy atom. The van der Waals surface area contributed by atoms with Crippen molar-refractivity contribution in [2.75, 3.05) is 6.54 Å². The Hall–Kier alpha value is -1.88. The van der Waals surface area contributed by atoms with Crippen molar-refractivity contribution < 1.29 is 9.90 Å². The van der Waals surface area contributed by atoms with Gasteiger partial charge >= 0.3 is 5.97 Å². The van der Waals surface area contributed by atoms with Gasteiger partial charge < -0.3 is 15.4 Å². The van der Waals surface area contributed by atoms with Crippen molar-refractivity contribution in [2.24, 2.45) is 0 Å². The first-order chi connectivity index (χ1) is 8.25. The zero-order valence-corrected chi connectivity index (χ0v) is 9.23. The first-order valence-electron chi connectivity index (χ1n) is 5.66. The summed E-state index contributed by atoms with van der Waals surface area (Å²) in [6.45, 7) is 0.800. The van der Waals surface area contributed by atoms with Crippen molar-refractivity contribution in [3.05, 3.63) is 29.6 Å². The highest BCUT2D eigenvalue weighted by Gasteiger charge is 2.25. The van der Waals surface area contributed by atoms with Gasteiger partial charge in [-0.15, -0.1) is 0 Å². The van der Waals surface area contributed by atoms with E-state index in [2.05, 4.69) is 15.3 Å². The van der Waals surface area contributed by atoms with Crippen LogP contribution in [0.3, 0.4) is 0 Å². The average Bonchev–Trinajstić information content (AvgIpc) is 2.68. The molecule has 5 heteroatoms. The molecule has 0 saturated carbocycles. The number of carbonyl (C=O) groups is 1. The second kappa shape index (κ2) is 3.85. The number of H-pyrrole nitrogens is 1. The maximum atomic E-state index is 10.8. The quantitative estimate of drug-likeness (QED) is 0.726. The summed E-state index contributed by atoms with van der Waals surface area (Å²) in [5.41, 5.74) is 4.09. The molecule has 2 aromatic rings. The molecular formula is C12H13N3O2. The van der Waals surface area contributed by atoms with E-state index < -0.39 is 5.97 Å². The van der Waals surface area contributed by atoms with Gasteiger partial charge in [0.2, 0.25) is 0 Å². The fraction of sp³-hybridized carbons (Fsp3) is 0.333. The molecule has 17 heavy (non-hydrogen) atoms. The van der Waals surface area contributed by atoms with E-state index >= 15 is 0 Å². The molecule has 0 radical (unpaired) electrons. The van der Waals surface area contributed by atoms with Gasteiger partial charge in [-0.05, 0) is 25.1 Å². The van der Waals surface area contributed by atoms with Crippen LogP contribution >= 0.6 is 0 Å². The summed E-state index contributed by atoms with van der Waals surface area (Å²) in [5.74, 6) is -0.790.